The number of nitrogens with zero attached hydrogens (tertiary/aromatic N) is 6. The molecule has 0 saturated heterocycles. The molecule has 0 saturated carbocycles. The van der Waals surface area contributed by atoms with Gasteiger partial charge >= 0.3 is 0 Å². The van der Waals surface area contributed by atoms with E-state index in [0.717, 1.165) is 5.56 Å². The van der Waals surface area contributed by atoms with Crippen LogP contribution in [0.25, 0.3) is 17.1 Å². The number of hydrogen-bond acceptors (Lipinski definition) is 9. The number of rotatable bonds is 7. The average Bonchev–Trinajstić information content (AvgIpc) is 3.43. The van der Waals surface area contributed by atoms with E-state index in [-0.39, 0.29) is 5.25 Å². The fourth-order valence-corrected chi connectivity index (χ4v) is 3.62. The van der Waals surface area contributed by atoms with Crippen molar-refractivity contribution in [3.8, 4) is 28.6 Å². The number of benzene rings is 2. The number of aromatic nitrogens is 6. The van der Waals surface area contributed by atoms with Gasteiger partial charge in [0.25, 0.3) is 0 Å². The molecule has 0 aliphatic heterocycles. The summed E-state index contributed by atoms with van der Waals surface area (Å²) >= 11 is 1.40. The summed E-state index contributed by atoms with van der Waals surface area (Å²) in [5.41, 5.74) is 2.71. The first-order valence-electron chi connectivity index (χ1n) is 9.17. The van der Waals surface area contributed by atoms with Crippen molar-refractivity contribution in [3.63, 3.8) is 0 Å². The van der Waals surface area contributed by atoms with Crippen molar-refractivity contribution in [2.75, 3.05) is 14.2 Å². The number of tetrazole rings is 1. The van der Waals surface area contributed by atoms with Crippen molar-refractivity contribution in [2.45, 2.75) is 24.3 Å². The van der Waals surface area contributed by atoms with E-state index in [4.69, 9.17) is 13.9 Å². The van der Waals surface area contributed by atoms with E-state index in [9.17, 15) is 0 Å². The topological polar surface area (TPSA) is 101 Å². The monoisotopic (exact) mass is 424 g/mol. The number of aryl methyl sites for hydroxylation is 1. The molecule has 0 spiro atoms. The van der Waals surface area contributed by atoms with Gasteiger partial charge in [0.05, 0.1) is 19.5 Å². The second-order valence-electron chi connectivity index (χ2n) is 6.48. The maximum absolute atomic E-state index is 5.88. The highest BCUT2D eigenvalue weighted by Crippen LogP contribution is 2.36. The van der Waals surface area contributed by atoms with Crippen LogP contribution in [0.15, 0.2) is 52.0 Å². The van der Waals surface area contributed by atoms with E-state index in [1.807, 2.05) is 50.2 Å². The Balaban J connectivity index is 1.58. The molecule has 0 aliphatic carbocycles. The summed E-state index contributed by atoms with van der Waals surface area (Å²) in [4.78, 5) is 0. The Morgan fingerprint density at radius 1 is 1.00 bits per heavy atom. The van der Waals surface area contributed by atoms with Crippen LogP contribution in [0.3, 0.4) is 0 Å². The van der Waals surface area contributed by atoms with Crippen molar-refractivity contribution in [2.24, 2.45) is 0 Å². The Bertz CT molecular complexity index is 1140. The lowest BCUT2D eigenvalue weighted by Crippen LogP contribution is -2.03. The Hall–Kier alpha value is -3.40. The molecule has 0 bridgehead atoms. The smallest absolute Gasteiger partial charge is 0.247 e. The van der Waals surface area contributed by atoms with Crippen LogP contribution >= 0.6 is 11.8 Å². The SMILES string of the molecule is COc1ccc(OC)c(-n2nnnc2SC(C)c2nnc(-c3ccc(C)cc3)o2)c1. The van der Waals surface area contributed by atoms with Gasteiger partial charge in [-0.2, -0.15) is 4.68 Å². The fourth-order valence-electron chi connectivity index (χ4n) is 2.79. The summed E-state index contributed by atoms with van der Waals surface area (Å²) < 4.78 is 18.2. The van der Waals surface area contributed by atoms with Crippen LogP contribution < -0.4 is 9.47 Å². The molecule has 30 heavy (non-hydrogen) atoms. The zero-order valence-electron chi connectivity index (χ0n) is 16.9. The predicted molar refractivity (Wildman–Crippen MR) is 111 cm³/mol. The molecule has 2 aromatic carbocycles. The molecule has 4 aromatic rings. The van der Waals surface area contributed by atoms with Crippen LogP contribution in [-0.2, 0) is 0 Å². The number of hydrogen-bond donors (Lipinski definition) is 0. The van der Waals surface area contributed by atoms with Crippen molar-refractivity contribution in [1.82, 2.24) is 30.4 Å². The van der Waals surface area contributed by atoms with Gasteiger partial charge in [-0.05, 0) is 48.5 Å². The molecule has 2 aromatic heterocycles. The maximum Gasteiger partial charge on any atom is 0.247 e. The van der Waals surface area contributed by atoms with E-state index >= 15 is 0 Å². The highest BCUT2D eigenvalue weighted by atomic mass is 32.2. The molecule has 0 radical (unpaired) electrons. The zero-order chi connectivity index (χ0) is 21.1. The summed E-state index contributed by atoms with van der Waals surface area (Å²) in [5, 5.41) is 20.8. The number of thioether (sulfide) groups is 1. The molecule has 1 atom stereocenters. The average molecular weight is 424 g/mol. The van der Waals surface area contributed by atoms with Crippen LogP contribution in [0.5, 0.6) is 11.5 Å². The standard InChI is InChI=1S/C20H20N6O3S/c1-12-5-7-14(8-6-12)19-22-21-18(29-19)13(2)30-20-23-24-25-26(20)16-11-15(27-3)9-10-17(16)28-4/h5-11,13H,1-4H3. The van der Waals surface area contributed by atoms with Gasteiger partial charge < -0.3 is 13.9 Å². The van der Waals surface area contributed by atoms with Crippen LogP contribution in [-0.4, -0.2) is 44.6 Å². The van der Waals surface area contributed by atoms with E-state index in [2.05, 4.69) is 25.7 Å². The Labute approximate surface area is 177 Å². The quantitative estimate of drug-likeness (QED) is 0.409. The van der Waals surface area contributed by atoms with Gasteiger partial charge in [0.2, 0.25) is 16.9 Å². The molecular formula is C20H20N6O3S. The second kappa shape index (κ2) is 8.54. The Morgan fingerprint density at radius 3 is 2.53 bits per heavy atom. The molecule has 9 nitrogen and oxygen atoms in total. The van der Waals surface area contributed by atoms with Crippen LogP contribution in [0.1, 0.15) is 23.6 Å². The van der Waals surface area contributed by atoms with Crippen molar-refractivity contribution < 1.29 is 13.9 Å². The van der Waals surface area contributed by atoms with E-state index in [1.54, 1.807) is 25.0 Å². The van der Waals surface area contributed by atoms with Gasteiger partial charge in [0.15, 0.2) is 0 Å². The minimum absolute atomic E-state index is 0.168. The Kier molecular flexibility index (Phi) is 5.66. The highest BCUT2D eigenvalue weighted by Gasteiger charge is 2.21. The lowest BCUT2D eigenvalue weighted by molar-refractivity contribution is 0.399. The van der Waals surface area contributed by atoms with E-state index in [0.29, 0.717) is 34.1 Å². The third-order valence-corrected chi connectivity index (χ3v) is 5.44. The van der Waals surface area contributed by atoms with E-state index < -0.39 is 0 Å². The molecule has 4 rings (SSSR count). The summed E-state index contributed by atoms with van der Waals surface area (Å²) in [6.45, 7) is 3.99. The van der Waals surface area contributed by atoms with Gasteiger partial charge in [0, 0.05) is 11.6 Å². The molecule has 0 N–H and O–H groups in total. The van der Waals surface area contributed by atoms with Crippen molar-refractivity contribution in [3.05, 3.63) is 53.9 Å². The minimum atomic E-state index is -0.168. The van der Waals surface area contributed by atoms with E-state index in [1.165, 1.54) is 17.3 Å². The van der Waals surface area contributed by atoms with Crippen LogP contribution in [0.4, 0.5) is 0 Å². The van der Waals surface area contributed by atoms with Crippen molar-refractivity contribution >= 4 is 11.8 Å². The lowest BCUT2D eigenvalue weighted by atomic mass is 10.1. The summed E-state index contributed by atoms with van der Waals surface area (Å²) in [7, 11) is 3.19. The third-order valence-electron chi connectivity index (χ3n) is 4.42. The second-order valence-corrected chi connectivity index (χ2v) is 7.79. The molecule has 0 fully saturated rings. The summed E-state index contributed by atoms with van der Waals surface area (Å²) in [6, 6.07) is 13.4. The third kappa shape index (κ3) is 3.99. The highest BCUT2D eigenvalue weighted by molar-refractivity contribution is 7.99. The first kappa shape index (κ1) is 19.9. The van der Waals surface area contributed by atoms with Gasteiger partial charge in [-0.15, -0.1) is 15.3 Å². The maximum atomic E-state index is 5.88. The van der Waals surface area contributed by atoms with Crippen LogP contribution in [0.2, 0.25) is 0 Å². The van der Waals surface area contributed by atoms with Crippen molar-refractivity contribution in [1.29, 1.82) is 0 Å². The molecule has 0 amide bonds. The molecule has 2 heterocycles. The number of methoxy groups -OCH3 is 2. The largest absolute Gasteiger partial charge is 0.497 e. The normalized spacial score (nSPS) is 12.0. The fraction of sp³-hybridized carbons (Fsp3) is 0.250. The molecular weight excluding hydrogens is 404 g/mol. The van der Waals surface area contributed by atoms with Gasteiger partial charge in [-0.3, -0.25) is 0 Å². The molecule has 0 aliphatic rings. The van der Waals surface area contributed by atoms with Gasteiger partial charge in [-0.25, -0.2) is 0 Å². The Morgan fingerprint density at radius 2 is 1.80 bits per heavy atom. The predicted octanol–water partition coefficient (Wildman–Crippen LogP) is 3.89. The molecule has 10 heteroatoms. The minimum Gasteiger partial charge on any atom is -0.497 e. The summed E-state index contributed by atoms with van der Waals surface area (Å²) in [6.07, 6.45) is 0. The van der Waals surface area contributed by atoms with Crippen LogP contribution in [0, 0.1) is 6.92 Å². The first-order chi connectivity index (χ1) is 14.6. The zero-order valence-corrected chi connectivity index (χ0v) is 17.8. The lowest BCUT2D eigenvalue weighted by Gasteiger charge is -2.12. The van der Waals surface area contributed by atoms with Gasteiger partial charge in [0.1, 0.15) is 17.2 Å². The first-order valence-corrected chi connectivity index (χ1v) is 10.0. The van der Waals surface area contributed by atoms with Gasteiger partial charge in [-0.1, -0.05) is 29.5 Å². The summed E-state index contributed by atoms with van der Waals surface area (Å²) in [5.74, 6) is 2.26. The molecule has 1 unspecified atom stereocenters. The number of ether oxygens (including phenoxy) is 2. The molecule has 154 valence electrons.